The summed E-state index contributed by atoms with van der Waals surface area (Å²) >= 11 is 11.8. The van der Waals surface area contributed by atoms with Crippen molar-refractivity contribution in [3.63, 3.8) is 0 Å². The van der Waals surface area contributed by atoms with E-state index in [-0.39, 0.29) is 18.0 Å². The number of hydrogen-bond donors (Lipinski definition) is 1. The summed E-state index contributed by atoms with van der Waals surface area (Å²) < 4.78 is 25.8. The highest BCUT2D eigenvalue weighted by atomic mass is 35.5. The lowest BCUT2D eigenvalue weighted by Gasteiger charge is -2.17. The van der Waals surface area contributed by atoms with Gasteiger partial charge in [0, 0.05) is 23.6 Å². The molecule has 0 radical (unpaired) electrons. The minimum absolute atomic E-state index is 0.0771. The number of benzene rings is 2. The summed E-state index contributed by atoms with van der Waals surface area (Å²) in [4.78, 5) is 12.1. The van der Waals surface area contributed by atoms with Crippen LogP contribution in [-0.2, 0) is 21.4 Å². The van der Waals surface area contributed by atoms with Crippen LogP contribution in [-0.4, -0.2) is 32.2 Å². The zero-order valence-corrected chi connectivity index (χ0v) is 15.2. The van der Waals surface area contributed by atoms with E-state index in [1.54, 1.807) is 18.2 Å². The van der Waals surface area contributed by atoms with Gasteiger partial charge in [0.15, 0.2) is 0 Å². The van der Waals surface area contributed by atoms with Crippen LogP contribution in [0.2, 0.25) is 10.0 Å². The summed E-state index contributed by atoms with van der Waals surface area (Å²) in [5.74, 6) is -0.421. The molecule has 0 heterocycles. The topological polar surface area (TPSA) is 66.5 Å². The summed E-state index contributed by atoms with van der Waals surface area (Å²) in [5.41, 5.74) is 0.760. The smallest absolute Gasteiger partial charge is 0.243 e. The first-order chi connectivity index (χ1) is 11.3. The third-order valence-electron chi connectivity index (χ3n) is 3.32. The summed E-state index contributed by atoms with van der Waals surface area (Å²) in [7, 11) is -2.41. The first-order valence-corrected chi connectivity index (χ1v) is 9.22. The first-order valence-electron chi connectivity index (χ1n) is 7.02. The van der Waals surface area contributed by atoms with Gasteiger partial charge in [-0.05, 0) is 35.9 Å². The lowest BCUT2D eigenvalue weighted by molar-refractivity contribution is -0.121. The number of amides is 1. The Morgan fingerprint density at radius 1 is 1.08 bits per heavy atom. The second kappa shape index (κ2) is 7.98. The van der Waals surface area contributed by atoms with Crippen molar-refractivity contribution < 1.29 is 13.2 Å². The standard InChI is InChI=1S/C16H16Cl2N2O3S/c1-20(24(22,23)14-8-6-13(17)7-9-14)11-16(21)19-10-12-4-2-3-5-15(12)18/h2-9H,10-11H2,1H3,(H,19,21). The molecule has 0 saturated carbocycles. The van der Waals surface area contributed by atoms with Crippen LogP contribution in [0.3, 0.4) is 0 Å². The van der Waals surface area contributed by atoms with Crippen LogP contribution in [0.4, 0.5) is 0 Å². The third kappa shape index (κ3) is 4.70. The molecule has 2 rings (SSSR count). The molecule has 8 heteroatoms. The molecule has 0 fully saturated rings. The molecular formula is C16H16Cl2N2O3S. The molecule has 0 aliphatic carbocycles. The number of hydrogen-bond acceptors (Lipinski definition) is 3. The lowest BCUT2D eigenvalue weighted by atomic mass is 10.2. The molecule has 0 aliphatic rings. The Morgan fingerprint density at radius 3 is 2.33 bits per heavy atom. The van der Waals surface area contributed by atoms with Crippen LogP contribution in [0.15, 0.2) is 53.4 Å². The van der Waals surface area contributed by atoms with Crippen molar-refractivity contribution >= 4 is 39.1 Å². The van der Waals surface area contributed by atoms with Gasteiger partial charge in [0.1, 0.15) is 0 Å². The Hall–Kier alpha value is -1.60. The molecule has 2 aromatic carbocycles. The van der Waals surface area contributed by atoms with Gasteiger partial charge in [0.05, 0.1) is 11.4 Å². The SMILES string of the molecule is CN(CC(=O)NCc1ccccc1Cl)S(=O)(=O)c1ccc(Cl)cc1. The average Bonchev–Trinajstić information content (AvgIpc) is 2.54. The Morgan fingerprint density at radius 2 is 1.71 bits per heavy atom. The molecule has 0 unspecified atom stereocenters. The van der Waals surface area contributed by atoms with Crippen LogP contribution in [0.5, 0.6) is 0 Å². The molecular weight excluding hydrogens is 371 g/mol. The number of carbonyl (C=O) groups excluding carboxylic acids is 1. The van der Waals surface area contributed by atoms with Gasteiger partial charge in [-0.1, -0.05) is 41.4 Å². The predicted molar refractivity (Wildman–Crippen MR) is 94.6 cm³/mol. The quantitative estimate of drug-likeness (QED) is 0.829. The van der Waals surface area contributed by atoms with Crippen LogP contribution in [0.1, 0.15) is 5.56 Å². The Bertz CT molecular complexity index is 823. The van der Waals surface area contributed by atoms with Crippen molar-refractivity contribution in [2.45, 2.75) is 11.4 Å². The van der Waals surface area contributed by atoms with E-state index >= 15 is 0 Å². The minimum Gasteiger partial charge on any atom is -0.351 e. The van der Waals surface area contributed by atoms with Gasteiger partial charge in [-0.25, -0.2) is 8.42 Å². The summed E-state index contributed by atoms with van der Waals surface area (Å²) in [6.07, 6.45) is 0. The Kier molecular flexibility index (Phi) is 6.23. The molecule has 5 nitrogen and oxygen atoms in total. The number of likely N-dealkylation sites (N-methyl/N-ethyl adjacent to an activating group) is 1. The second-order valence-electron chi connectivity index (χ2n) is 5.08. The van der Waals surface area contributed by atoms with E-state index in [0.717, 1.165) is 9.87 Å². The molecule has 0 saturated heterocycles. The van der Waals surface area contributed by atoms with Crippen molar-refractivity contribution in [2.75, 3.05) is 13.6 Å². The van der Waals surface area contributed by atoms with Gasteiger partial charge in [-0.2, -0.15) is 4.31 Å². The predicted octanol–water partition coefficient (Wildman–Crippen LogP) is 2.93. The highest BCUT2D eigenvalue weighted by Crippen LogP contribution is 2.17. The fourth-order valence-corrected chi connectivity index (χ4v) is 3.42. The van der Waals surface area contributed by atoms with Crippen LogP contribution in [0.25, 0.3) is 0 Å². The van der Waals surface area contributed by atoms with Gasteiger partial charge in [0.2, 0.25) is 15.9 Å². The Labute approximate surface area is 151 Å². The maximum absolute atomic E-state index is 12.4. The Balaban J connectivity index is 1.98. The summed E-state index contributed by atoms with van der Waals surface area (Å²) in [6, 6.07) is 12.9. The number of carbonyl (C=O) groups is 1. The number of rotatable bonds is 6. The van der Waals surface area contributed by atoms with E-state index < -0.39 is 15.9 Å². The molecule has 0 aliphatic heterocycles. The van der Waals surface area contributed by atoms with Crippen LogP contribution < -0.4 is 5.32 Å². The van der Waals surface area contributed by atoms with E-state index in [9.17, 15) is 13.2 Å². The van der Waals surface area contributed by atoms with Crippen molar-refractivity contribution in [3.05, 3.63) is 64.1 Å². The van der Waals surface area contributed by atoms with Crippen LogP contribution in [0, 0.1) is 0 Å². The number of nitrogens with one attached hydrogen (secondary N) is 1. The highest BCUT2D eigenvalue weighted by molar-refractivity contribution is 7.89. The number of nitrogens with zero attached hydrogens (tertiary/aromatic N) is 1. The van der Waals surface area contributed by atoms with Crippen molar-refractivity contribution in [3.8, 4) is 0 Å². The van der Waals surface area contributed by atoms with Gasteiger partial charge in [-0.3, -0.25) is 4.79 Å². The monoisotopic (exact) mass is 386 g/mol. The van der Waals surface area contributed by atoms with Crippen LogP contribution >= 0.6 is 23.2 Å². The van der Waals surface area contributed by atoms with E-state index in [2.05, 4.69) is 5.32 Å². The minimum atomic E-state index is -3.75. The summed E-state index contributed by atoms with van der Waals surface area (Å²) in [6.45, 7) is -0.0667. The largest absolute Gasteiger partial charge is 0.351 e. The maximum Gasteiger partial charge on any atom is 0.243 e. The molecule has 24 heavy (non-hydrogen) atoms. The van der Waals surface area contributed by atoms with Gasteiger partial charge >= 0.3 is 0 Å². The van der Waals surface area contributed by atoms with Crippen molar-refractivity contribution in [1.29, 1.82) is 0 Å². The van der Waals surface area contributed by atoms with E-state index in [1.165, 1.54) is 31.3 Å². The normalized spacial score (nSPS) is 11.5. The van der Waals surface area contributed by atoms with E-state index in [0.29, 0.717) is 10.0 Å². The fourth-order valence-electron chi connectivity index (χ4n) is 1.97. The molecule has 0 atom stereocenters. The molecule has 0 spiro atoms. The highest BCUT2D eigenvalue weighted by Gasteiger charge is 2.22. The number of sulfonamides is 1. The molecule has 128 valence electrons. The molecule has 1 N–H and O–H groups in total. The van der Waals surface area contributed by atoms with E-state index in [4.69, 9.17) is 23.2 Å². The van der Waals surface area contributed by atoms with E-state index in [1.807, 2.05) is 6.07 Å². The first kappa shape index (κ1) is 18.7. The van der Waals surface area contributed by atoms with Crippen molar-refractivity contribution in [1.82, 2.24) is 9.62 Å². The van der Waals surface area contributed by atoms with Gasteiger partial charge < -0.3 is 5.32 Å². The van der Waals surface area contributed by atoms with Gasteiger partial charge in [-0.15, -0.1) is 0 Å². The average molecular weight is 387 g/mol. The fraction of sp³-hybridized carbons (Fsp3) is 0.188. The summed E-state index contributed by atoms with van der Waals surface area (Å²) in [5, 5.41) is 3.63. The van der Waals surface area contributed by atoms with Gasteiger partial charge in [0.25, 0.3) is 0 Å². The molecule has 1 amide bonds. The molecule has 0 bridgehead atoms. The third-order valence-corrected chi connectivity index (χ3v) is 5.76. The zero-order chi connectivity index (χ0) is 17.7. The lowest BCUT2D eigenvalue weighted by Crippen LogP contribution is -2.38. The molecule has 0 aromatic heterocycles. The molecule has 2 aromatic rings. The maximum atomic E-state index is 12.4. The van der Waals surface area contributed by atoms with Crippen molar-refractivity contribution in [2.24, 2.45) is 0 Å². The number of halogens is 2. The zero-order valence-electron chi connectivity index (χ0n) is 12.9. The second-order valence-corrected chi connectivity index (χ2v) is 7.97.